The van der Waals surface area contributed by atoms with Crippen molar-refractivity contribution in [3.63, 3.8) is 0 Å². The van der Waals surface area contributed by atoms with Crippen LogP contribution in [0, 0.1) is 0 Å². The van der Waals surface area contributed by atoms with Crippen molar-refractivity contribution < 1.29 is 17.0 Å². The van der Waals surface area contributed by atoms with Gasteiger partial charge in [0.15, 0.2) is 0 Å². The average molecular weight is 427 g/mol. The van der Waals surface area contributed by atoms with Gasteiger partial charge in [-0.3, -0.25) is 0 Å². The van der Waals surface area contributed by atoms with Crippen LogP contribution in [0.4, 0.5) is 0 Å². The van der Waals surface area contributed by atoms with E-state index in [1.807, 2.05) is 0 Å². The van der Waals surface area contributed by atoms with Crippen molar-refractivity contribution in [2.45, 2.75) is 11.8 Å². The van der Waals surface area contributed by atoms with Crippen LogP contribution in [-0.2, 0) is 17.0 Å². The fourth-order valence-electron chi connectivity index (χ4n) is 3.67. The molecule has 0 nitrogen and oxygen atoms in total. The SMILES string of the molecule is [Cl][Ti][Cl].c1ccc(C([c-]2cccc2)C(c2ccccc2)[c-]2cccc2)cc1. The first kappa shape index (κ1) is 20.2. The molecule has 4 rings (SSSR count). The van der Waals surface area contributed by atoms with E-state index in [9.17, 15) is 0 Å². The fourth-order valence-corrected chi connectivity index (χ4v) is 3.67. The van der Waals surface area contributed by atoms with E-state index in [-0.39, 0.29) is 0 Å². The van der Waals surface area contributed by atoms with Gasteiger partial charge in [-0.25, -0.2) is 24.3 Å². The van der Waals surface area contributed by atoms with Gasteiger partial charge in [-0.15, -0.1) is 0 Å². The Balaban J connectivity index is 0.000000659. The summed E-state index contributed by atoms with van der Waals surface area (Å²) in [6.07, 6.45) is 0. The van der Waals surface area contributed by atoms with Crippen LogP contribution in [0.2, 0.25) is 0 Å². The van der Waals surface area contributed by atoms with Crippen molar-refractivity contribution in [1.29, 1.82) is 0 Å². The fraction of sp³-hybridized carbons (Fsp3) is 0.0833. The molecule has 0 aliphatic heterocycles. The van der Waals surface area contributed by atoms with Crippen LogP contribution >= 0.6 is 18.6 Å². The van der Waals surface area contributed by atoms with E-state index in [4.69, 9.17) is 18.6 Å². The van der Waals surface area contributed by atoms with Crippen LogP contribution in [-0.4, -0.2) is 0 Å². The maximum Gasteiger partial charge on any atom is -0.0361 e. The molecule has 3 heteroatoms. The second-order valence-corrected chi connectivity index (χ2v) is 8.86. The molecule has 0 radical (unpaired) electrons. The molecular weight excluding hydrogens is 407 g/mol. The Morgan fingerprint density at radius 1 is 0.519 bits per heavy atom. The van der Waals surface area contributed by atoms with Crippen LogP contribution < -0.4 is 0 Å². The van der Waals surface area contributed by atoms with Crippen molar-refractivity contribution >= 4 is 18.6 Å². The van der Waals surface area contributed by atoms with E-state index in [1.165, 1.54) is 22.3 Å². The molecule has 136 valence electrons. The third kappa shape index (κ3) is 5.24. The molecule has 0 bridgehead atoms. The second kappa shape index (κ2) is 10.7. The summed E-state index contributed by atoms with van der Waals surface area (Å²) in [6.45, 7) is 0. The van der Waals surface area contributed by atoms with Gasteiger partial charge >= 0.3 is 35.6 Å². The minimum absolute atomic E-state index is 0.311. The first-order valence-electron chi connectivity index (χ1n) is 8.84. The molecule has 2 atom stereocenters. The number of benzene rings is 2. The van der Waals surface area contributed by atoms with Crippen LogP contribution in [0.1, 0.15) is 34.1 Å². The van der Waals surface area contributed by atoms with Gasteiger partial charge in [-0.05, 0) is 11.8 Å². The van der Waals surface area contributed by atoms with Gasteiger partial charge in [-0.2, -0.15) is 35.4 Å². The van der Waals surface area contributed by atoms with Crippen LogP contribution in [0.3, 0.4) is 0 Å². The molecule has 2 unspecified atom stereocenters. The standard InChI is InChI=1S/C24H20.2ClH.Ti/c1-3-11-19(12-4-1)23(21-15-7-8-16-21)24(22-17-9-10-18-22)20-13-5-2-6-14-20;;;/h1-18,23-24H;2*1H;/q-2;;;+2/p-2. The molecule has 0 heterocycles. The van der Waals surface area contributed by atoms with E-state index >= 15 is 0 Å². The summed E-state index contributed by atoms with van der Waals surface area (Å²) >= 11 is -0.556. The predicted molar refractivity (Wildman–Crippen MR) is 112 cm³/mol. The summed E-state index contributed by atoms with van der Waals surface area (Å²) in [7, 11) is 9.78. The van der Waals surface area contributed by atoms with Gasteiger partial charge in [0, 0.05) is 0 Å². The Morgan fingerprint density at radius 3 is 1.11 bits per heavy atom. The maximum absolute atomic E-state index is 4.89. The Morgan fingerprint density at radius 2 is 0.815 bits per heavy atom. The van der Waals surface area contributed by atoms with Crippen molar-refractivity contribution in [2.24, 2.45) is 0 Å². The molecule has 0 saturated heterocycles. The molecule has 0 N–H and O–H groups in total. The van der Waals surface area contributed by atoms with Gasteiger partial charge < -0.3 is 0 Å². The van der Waals surface area contributed by atoms with Gasteiger partial charge in [0.2, 0.25) is 0 Å². The Kier molecular flexibility index (Phi) is 7.99. The Bertz CT molecular complexity index is 793. The van der Waals surface area contributed by atoms with Gasteiger partial charge in [0.05, 0.1) is 0 Å². The van der Waals surface area contributed by atoms with E-state index in [1.54, 1.807) is 0 Å². The minimum Gasteiger partial charge on any atom is -0.213 e. The zero-order valence-corrected chi connectivity index (χ0v) is 17.9. The topological polar surface area (TPSA) is 0 Å². The minimum atomic E-state index is -0.556. The summed E-state index contributed by atoms with van der Waals surface area (Å²) in [5.74, 6) is 0.622. The number of hydrogen-bond acceptors (Lipinski definition) is 0. The van der Waals surface area contributed by atoms with Crippen molar-refractivity contribution in [3.05, 3.63) is 131 Å². The average Bonchev–Trinajstić information content (AvgIpc) is 3.42. The predicted octanol–water partition coefficient (Wildman–Crippen LogP) is 7.46. The normalized spacial score (nSPS) is 12.5. The Hall–Kier alpha value is -1.57. The van der Waals surface area contributed by atoms with Gasteiger partial charge in [0.25, 0.3) is 0 Å². The Labute approximate surface area is 178 Å². The van der Waals surface area contributed by atoms with Crippen LogP contribution in [0.15, 0.2) is 109 Å². The van der Waals surface area contributed by atoms with E-state index in [2.05, 4.69) is 109 Å². The quantitative estimate of drug-likeness (QED) is 0.229. The van der Waals surface area contributed by atoms with E-state index in [0.29, 0.717) is 11.8 Å². The number of rotatable bonds is 5. The number of hydrogen-bond donors (Lipinski definition) is 0. The summed E-state index contributed by atoms with van der Waals surface area (Å²) in [6, 6.07) is 39.2. The largest absolute Gasteiger partial charge is 0.213 e. The van der Waals surface area contributed by atoms with E-state index in [0.717, 1.165) is 0 Å². The molecule has 0 aromatic heterocycles. The zero-order valence-electron chi connectivity index (χ0n) is 14.8. The maximum atomic E-state index is 4.89. The monoisotopic (exact) mass is 426 g/mol. The number of halogens is 2. The second-order valence-electron chi connectivity index (χ2n) is 6.28. The van der Waals surface area contributed by atoms with Gasteiger partial charge in [0.1, 0.15) is 0 Å². The van der Waals surface area contributed by atoms with Crippen LogP contribution in [0.5, 0.6) is 0 Å². The molecule has 0 fully saturated rings. The first-order chi connectivity index (χ1) is 13.3. The summed E-state index contributed by atoms with van der Waals surface area (Å²) in [5, 5.41) is 0. The van der Waals surface area contributed by atoms with Gasteiger partial charge in [-0.1, -0.05) is 71.8 Å². The molecular formula is C24H20Cl2Ti-2. The summed E-state index contributed by atoms with van der Waals surface area (Å²) < 4.78 is 0. The first-order valence-corrected chi connectivity index (χ1v) is 13.1. The molecule has 4 aromatic carbocycles. The molecule has 0 saturated carbocycles. The van der Waals surface area contributed by atoms with Crippen LogP contribution in [0.25, 0.3) is 0 Å². The third-order valence-corrected chi connectivity index (χ3v) is 4.75. The smallest absolute Gasteiger partial charge is 0.0361 e. The summed E-state index contributed by atoms with van der Waals surface area (Å²) in [4.78, 5) is 0. The molecule has 4 aromatic rings. The molecule has 27 heavy (non-hydrogen) atoms. The summed E-state index contributed by atoms with van der Waals surface area (Å²) in [5.41, 5.74) is 5.46. The zero-order chi connectivity index (χ0) is 18.9. The molecule has 0 aliphatic rings. The van der Waals surface area contributed by atoms with Crippen molar-refractivity contribution in [3.8, 4) is 0 Å². The molecule has 0 aliphatic carbocycles. The van der Waals surface area contributed by atoms with Crippen molar-refractivity contribution in [1.82, 2.24) is 0 Å². The van der Waals surface area contributed by atoms with E-state index < -0.39 is 17.0 Å². The molecule has 0 amide bonds. The molecule has 0 spiro atoms. The third-order valence-electron chi connectivity index (χ3n) is 4.75. The van der Waals surface area contributed by atoms with Crippen molar-refractivity contribution in [2.75, 3.05) is 0 Å².